The van der Waals surface area contributed by atoms with Gasteiger partial charge in [0.05, 0.1) is 12.3 Å². The molecule has 112 valence electrons. The summed E-state index contributed by atoms with van der Waals surface area (Å²) in [6.07, 6.45) is 2.31. The fraction of sp³-hybridized carbons (Fsp3) is 0.571. The predicted octanol–water partition coefficient (Wildman–Crippen LogP) is 1.43. The van der Waals surface area contributed by atoms with Crippen molar-refractivity contribution in [1.29, 1.82) is 0 Å². The largest absolute Gasteiger partial charge is 0.463 e. The highest BCUT2D eigenvalue weighted by Crippen LogP contribution is 2.38. The Morgan fingerprint density at radius 1 is 1.33 bits per heavy atom. The summed E-state index contributed by atoms with van der Waals surface area (Å²) in [5.74, 6) is 0.473. The van der Waals surface area contributed by atoms with Crippen molar-refractivity contribution in [2.75, 3.05) is 11.9 Å². The lowest BCUT2D eigenvalue weighted by Crippen LogP contribution is -2.48. The number of hydrogen-bond acceptors (Lipinski definition) is 5. The van der Waals surface area contributed by atoms with E-state index in [0.717, 1.165) is 18.5 Å². The number of urea groups is 1. The molecule has 1 aromatic rings. The summed E-state index contributed by atoms with van der Waals surface area (Å²) < 4.78 is 4.97. The second-order valence-corrected chi connectivity index (χ2v) is 6.25. The summed E-state index contributed by atoms with van der Waals surface area (Å²) in [4.78, 5) is 23.5. The summed E-state index contributed by atoms with van der Waals surface area (Å²) in [6, 6.07) is 2.45. The Morgan fingerprint density at radius 2 is 2.10 bits per heavy atom. The first-order chi connectivity index (χ1) is 9.95. The molecule has 2 heterocycles. The molecule has 1 aliphatic heterocycles. The molecule has 2 amide bonds. The summed E-state index contributed by atoms with van der Waals surface area (Å²) in [7, 11) is 0. The predicted molar refractivity (Wildman–Crippen MR) is 74.7 cm³/mol. The zero-order valence-electron chi connectivity index (χ0n) is 12.0. The number of rotatable bonds is 3. The van der Waals surface area contributed by atoms with Gasteiger partial charge >= 0.3 is 12.0 Å². The lowest BCUT2D eigenvalue weighted by molar-refractivity contribution is -0.139. The van der Waals surface area contributed by atoms with Crippen LogP contribution in [0.4, 0.5) is 10.6 Å². The second kappa shape index (κ2) is 4.98. The first kappa shape index (κ1) is 13.8. The third-order valence-electron chi connectivity index (χ3n) is 3.80. The van der Waals surface area contributed by atoms with E-state index in [0.29, 0.717) is 18.3 Å². The van der Waals surface area contributed by atoms with Crippen LogP contribution in [0.25, 0.3) is 0 Å². The van der Waals surface area contributed by atoms with Gasteiger partial charge in [0.1, 0.15) is 6.04 Å². The Kier molecular flexibility index (Phi) is 3.27. The molecule has 2 N–H and O–H groups in total. The first-order valence-electron chi connectivity index (χ1n) is 7.03. The molecule has 3 rings (SSSR count). The summed E-state index contributed by atoms with van der Waals surface area (Å²) in [5.41, 5.74) is 0.539. The van der Waals surface area contributed by atoms with Gasteiger partial charge in [0.15, 0.2) is 5.82 Å². The van der Waals surface area contributed by atoms with Crippen molar-refractivity contribution < 1.29 is 14.3 Å². The molecule has 7 nitrogen and oxygen atoms in total. The molecule has 1 saturated carbocycles. The quantitative estimate of drug-likeness (QED) is 0.821. The van der Waals surface area contributed by atoms with Crippen LogP contribution < -0.4 is 10.6 Å². The van der Waals surface area contributed by atoms with Crippen molar-refractivity contribution in [2.24, 2.45) is 5.41 Å². The van der Waals surface area contributed by atoms with Crippen LogP contribution in [0.2, 0.25) is 0 Å². The van der Waals surface area contributed by atoms with Crippen molar-refractivity contribution in [3.63, 3.8) is 0 Å². The molecule has 1 saturated heterocycles. The highest BCUT2D eigenvalue weighted by Gasteiger charge is 2.44. The van der Waals surface area contributed by atoms with Crippen LogP contribution in [0.1, 0.15) is 38.3 Å². The lowest BCUT2D eigenvalue weighted by Gasteiger charge is -2.22. The number of ether oxygens (including phenoxy) is 1. The average molecular weight is 290 g/mol. The third-order valence-corrected chi connectivity index (χ3v) is 3.80. The Balaban J connectivity index is 1.59. The molecule has 1 atom stereocenters. The highest BCUT2D eigenvalue weighted by atomic mass is 16.5. The summed E-state index contributed by atoms with van der Waals surface area (Å²) in [6.45, 7) is 4.03. The molecule has 1 aromatic heterocycles. The molecule has 0 aromatic carbocycles. The maximum atomic E-state index is 11.9. The number of carbonyl (C=O) groups excluding carboxylic acids is 2. The van der Waals surface area contributed by atoms with Crippen LogP contribution in [-0.4, -0.2) is 34.8 Å². The fourth-order valence-corrected chi connectivity index (χ4v) is 2.29. The van der Waals surface area contributed by atoms with Gasteiger partial charge in [-0.2, -0.15) is 5.10 Å². The van der Waals surface area contributed by atoms with Crippen LogP contribution in [0.5, 0.6) is 0 Å². The summed E-state index contributed by atoms with van der Waals surface area (Å²) in [5, 5.41) is 13.3. The molecule has 0 unspecified atom stereocenters. The van der Waals surface area contributed by atoms with E-state index in [1.54, 1.807) is 6.07 Å². The molecule has 0 bridgehead atoms. The Morgan fingerprint density at radius 3 is 2.62 bits per heavy atom. The Labute approximate surface area is 122 Å². The number of carbonyl (C=O) groups is 2. The van der Waals surface area contributed by atoms with E-state index in [2.05, 4.69) is 20.8 Å². The zero-order chi connectivity index (χ0) is 15.0. The van der Waals surface area contributed by atoms with Crippen molar-refractivity contribution >= 4 is 17.8 Å². The molecule has 1 aliphatic carbocycles. The van der Waals surface area contributed by atoms with Crippen LogP contribution in [-0.2, 0) is 9.53 Å². The van der Waals surface area contributed by atoms with Crippen LogP contribution in [0.3, 0.4) is 0 Å². The number of aromatic nitrogens is 2. The summed E-state index contributed by atoms with van der Waals surface area (Å²) >= 11 is 0. The Hall–Kier alpha value is -2.18. The smallest absolute Gasteiger partial charge is 0.329 e. The van der Waals surface area contributed by atoms with E-state index in [-0.39, 0.29) is 0 Å². The maximum Gasteiger partial charge on any atom is 0.329 e. The molecule has 2 fully saturated rings. The molecule has 2 aliphatic rings. The highest BCUT2D eigenvalue weighted by molar-refractivity contribution is 5.92. The zero-order valence-corrected chi connectivity index (χ0v) is 12.0. The SMILES string of the molecule is CC1(C)COC(=O)[C@@H]1NC(=O)Nc1ccc(C2CC2)nn1. The number of hydrogen-bond donors (Lipinski definition) is 2. The second-order valence-electron chi connectivity index (χ2n) is 6.25. The third kappa shape index (κ3) is 2.96. The van der Waals surface area contributed by atoms with Crippen LogP contribution in [0, 0.1) is 5.41 Å². The molecular formula is C14H18N4O3. The number of nitrogens with one attached hydrogen (secondary N) is 2. The number of nitrogens with zero attached hydrogens (tertiary/aromatic N) is 2. The Bertz CT molecular complexity index is 566. The molecule has 0 radical (unpaired) electrons. The van der Waals surface area contributed by atoms with Gasteiger partial charge in [0.25, 0.3) is 0 Å². The van der Waals surface area contributed by atoms with Gasteiger partial charge in [-0.1, -0.05) is 13.8 Å². The van der Waals surface area contributed by atoms with Crippen molar-refractivity contribution in [3.05, 3.63) is 17.8 Å². The fourth-order valence-electron chi connectivity index (χ4n) is 2.29. The monoisotopic (exact) mass is 290 g/mol. The van der Waals surface area contributed by atoms with E-state index in [4.69, 9.17) is 4.74 Å². The van der Waals surface area contributed by atoms with Crippen molar-refractivity contribution in [2.45, 2.75) is 38.6 Å². The molecule has 21 heavy (non-hydrogen) atoms. The number of esters is 1. The van der Waals surface area contributed by atoms with Gasteiger partial charge in [-0.15, -0.1) is 5.10 Å². The van der Waals surface area contributed by atoms with E-state index >= 15 is 0 Å². The minimum absolute atomic E-state index is 0.298. The van der Waals surface area contributed by atoms with Crippen LogP contribution in [0.15, 0.2) is 12.1 Å². The van der Waals surface area contributed by atoms with E-state index < -0.39 is 23.5 Å². The van der Waals surface area contributed by atoms with Crippen LogP contribution >= 0.6 is 0 Å². The number of cyclic esters (lactones) is 1. The average Bonchev–Trinajstić information content (AvgIpc) is 3.24. The number of amides is 2. The topological polar surface area (TPSA) is 93.2 Å². The van der Waals surface area contributed by atoms with Crippen molar-refractivity contribution in [3.8, 4) is 0 Å². The minimum atomic E-state index is -0.656. The molecular weight excluding hydrogens is 272 g/mol. The van der Waals surface area contributed by atoms with Gasteiger partial charge < -0.3 is 10.1 Å². The van der Waals surface area contributed by atoms with Gasteiger partial charge in [-0.25, -0.2) is 9.59 Å². The standard InChI is InChI=1S/C14H18N4O3/c1-14(2)7-21-12(19)11(14)16-13(20)15-10-6-5-9(17-18-10)8-3-4-8/h5-6,8,11H,3-4,7H2,1-2H3,(H2,15,16,18,20)/t11-/m0/s1. The first-order valence-corrected chi connectivity index (χ1v) is 7.03. The van der Waals surface area contributed by atoms with E-state index in [9.17, 15) is 9.59 Å². The molecule has 7 heteroatoms. The molecule has 0 spiro atoms. The minimum Gasteiger partial charge on any atom is -0.463 e. The van der Waals surface area contributed by atoms with Gasteiger partial charge in [0.2, 0.25) is 0 Å². The van der Waals surface area contributed by atoms with Gasteiger partial charge in [-0.3, -0.25) is 5.32 Å². The van der Waals surface area contributed by atoms with E-state index in [1.165, 1.54) is 0 Å². The van der Waals surface area contributed by atoms with Gasteiger partial charge in [-0.05, 0) is 25.0 Å². The van der Waals surface area contributed by atoms with Crippen molar-refractivity contribution in [1.82, 2.24) is 15.5 Å². The number of anilines is 1. The van der Waals surface area contributed by atoms with E-state index in [1.807, 2.05) is 19.9 Å². The normalized spacial score (nSPS) is 23.5. The lowest BCUT2D eigenvalue weighted by atomic mass is 9.88. The maximum absolute atomic E-state index is 11.9. The van der Waals surface area contributed by atoms with Gasteiger partial charge in [0, 0.05) is 11.3 Å².